The second kappa shape index (κ2) is 8.79. The molecule has 21 heavy (non-hydrogen) atoms. The molecule has 1 N–H and O–H groups in total. The summed E-state index contributed by atoms with van der Waals surface area (Å²) >= 11 is 0. The van der Waals surface area contributed by atoms with E-state index in [1.54, 1.807) is 0 Å². The first kappa shape index (κ1) is 16.0. The average Bonchev–Trinajstić information content (AvgIpc) is 2.54. The summed E-state index contributed by atoms with van der Waals surface area (Å²) in [6.45, 7) is 8.85. The van der Waals surface area contributed by atoms with Crippen LogP contribution in [-0.4, -0.2) is 67.9 Å². The molecule has 6 nitrogen and oxygen atoms in total. The maximum Gasteiger partial charge on any atom is 0.226 e. The zero-order valence-corrected chi connectivity index (χ0v) is 13.2. The maximum atomic E-state index is 5.35. The number of unbranched alkanes of at least 4 members (excludes halogenated alkanes) is 1. The Labute approximate surface area is 127 Å². The topological polar surface area (TPSA) is 53.5 Å². The Morgan fingerprint density at radius 2 is 2.19 bits per heavy atom. The van der Waals surface area contributed by atoms with E-state index in [1.165, 1.54) is 6.42 Å². The molecule has 1 aliphatic rings. The highest BCUT2D eigenvalue weighted by Crippen LogP contribution is 2.10. The van der Waals surface area contributed by atoms with Gasteiger partial charge in [-0.25, -0.2) is 4.98 Å². The molecule has 1 aromatic heterocycles. The fraction of sp³-hybridized carbons (Fsp3) is 0.733. The molecule has 0 amide bonds. The quantitative estimate of drug-likeness (QED) is 0.783. The summed E-state index contributed by atoms with van der Waals surface area (Å²) in [4.78, 5) is 13.4. The fourth-order valence-electron chi connectivity index (χ4n) is 2.29. The predicted octanol–water partition coefficient (Wildman–Crippen LogP) is 1.46. The number of nitrogens with zero attached hydrogens (tertiary/aromatic N) is 4. The number of hydrogen-bond acceptors (Lipinski definition) is 6. The Kier molecular flexibility index (Phi) is 6.69. The van der Waals surface area contributed by atoms with Gasteiger partial charge in [0, 0.05) is 46.0 Å². The molecule has 1 aliphatic heterocycles. The molecule has 0 unspecified atom stereocenters. The average molecular weight is 293 g/mol. The van der Waals surface area contributed by atoms with Crippen molar-refractivity contribution in [2.24, 2.45) is 0 Å². The standard InChI is InChI=1S/C15H27N5O/c1-3-4-8-19(2)15-17-6-5-14(18-15)16-7-9-20-10-12-21-13-11-20/h5-6H,3-4,7-13H2,1-2H3,(H,16,17,18). The van der Waals surface area contributed by atoms with Crippen LogP contribution >= 0.6 is 0 Å². The number of morpholine rings is 1. The van der Waals surface area contributed by atoms with Crippen LogP contribution in [0.4, 0.5) is 11.8 Å². The largest absolute Gasteiger partial charge is 0.379 e. The summed E-state index contributed by atoms with van der Waals surface area (Å²) in [5.41, 5.74) is 0. The van der Waals surface area contributed by atoms with Gasteiger partial charge in [0.25, 0.3) is 0 Å². The molecular weight excluding hydrogens is 266 g/mol. The van der Waals surface area contributed by atoms with Crippen LogP contribution in [0.25, 0.3) is 0 Å². The normalized spacial score (nSPS) is 15.9. The molecular formula is C15H27N5O. The second-order valence-corrected chi connectivity index (χ2v) is 5.40. The van der Waals surface area contributed by atoms with E-state index < -0.39 is 0 Å². The summed E-state index contributed by atoms with van der Waals surface area (Å²) in [5.74, 6) is 1.69. The number of anilines is 2. The molecule has 6 heteroatoms. The first-order valence-corrected chi connectivity index (χ1v) is 7.87. The van der Waals surface area contributed by atoms with E-state index in [-0.39, 0.29) is 0 Å². The van der Waals surface area contributed by atoms with Crippen molar-refractivity contribution in [3.63, 3.8) is 0 Å². The zero-order valence-electron chi connectivity index (χ0n) is 13.2. The maximum absolute atomic E-state index is 5.35. The monoisotopic (exact) mass is 293 g/mol. The van der Waals surface area contributed by atoms with E-state index in [2.05, 4.69) is 32.0 Å². The van der Waals surface area contributed by atoms with E-state index in [0.717, 1.165) is 64.1 Å². The Hall–Kier alpha value is -1.40. The van der Waals surface area contributed by atoms with Crippen LogP contribution in [0.1, 0.15) is 19.8 Å². The minimum atomic E-state index is 0.792. The van der Waals surface area contributed by atoms with E-state index in [4.69, 9.17) is 4.74 Å². The lowest BCUT2D eigenvalue weighted by Crippen LogP contribution is -2.39. The minimum Gasteiger partial charge on any atom is -0.379 e. The van der Waals surface area contributed by atoms with Gasteiger partial charge < -0.3 is 15.0 Å². The molecule has 1 aromatic rings. The van der Waals surface area contributed by atoms with Crippen molar-refractivity contribution in [2.45, 2.75) is 19.8 Å². The molecule has 0 atom stereocenters. The Morgan fingerprint density at radius 3 is 2.95 bits per heavy atom. The number of hydrogen-bond donors (Lipinski definition) is 1. The summed E-state index contributed by atoms with van der Waals surface area (Å²) in [7, 11) is 2.04. The van der Waals surface area contributed by atoms with Crippen LogP contribution in [0.2, 0.25) is 0 Å². The number of rotatable bonds is 8. The van der Waals surface area contributed by atoms with Crippen LogP contribution < -0.4 is 10.2 Å². The molecule has 0 spiro atoms. The number of nitrogens with one attached hydrogen (secondary N) is 1. The first-order chi connectivity index (χ1) is 10.3. The van der Waals surface area contributed by atoms with Crippen molar-refractivity contribution in [2.75, 3.05) is 63.2 Å². The second-order valence-electron chi connectivity index (χ2n) is 5.40. The van der Waals surface area contributed by atoms with Crippen molar-refractivity contribution >= 4 is 11.8 Å². The molecule has 0 aromatic carbocycles. The lowest BCUT2D eigenvalue weighted by Gasteiger charge is -2.26. The molecule has 1 saturated heterocycles. The first-order valence-electron chi connectivity index (χ1n) is 7.87. The van der Waals surface area contributed by atoms with Crippen molar-refractivity contribution in [3.8, 4) is 0 Å². The lowest BCUT2D eigenvalue weighted by atomic mass is 10.3. The molecule has 118 valence electrons. The van der Waals surface area contributed by atoms with Gasteiger partial charge in [-0.1, -0.05) is 13.3 Å². The van der Waals surface area contributed by atoms with Gasteiger partial charge in [0.05, 0.1) is 13.2 Å². The highest BCUT2D eigenvalue weighted by atomic mass is 16.5. The van der Waals surface area contributed by atoms with Crippen molar-refractivity contribution in [1.82, 2.24) is 14.9 Å². The molecule has 1 fully saturated rings. The Balaban J connectivity index is 1.77. The smallest absolute Gasteiger partial charge is 0.226 e. The SMILES string of the molecule is CCCCN(C)c1nccc(NCCN2CCOCC2)n1. The van der Waals surface area contributed by atoms with Crippen molar-refractivity contribution in [1.29, 1.82) is 0 Å². The van der Waals surface area contributed by atoms with Gasteiger partial charge in [-0.3, -0.25) is 4.90 Å². The van der Waals surface area contributed by atoms with Crippen LogP contribution in [0.5, 0.6) is 0 Å². The van der Waals surface area contributed by atoms with Crippen molar-refractivity contribution in [3.05, 3.63) is 12.3 Å². The Morgan fingerprint density at radius 1 is 1.38 bits per heavy atom. The summed E-state index contributed by atoms with van der Waals surface area (Å²) in [6.07, 6.45) is 4.16. The third kappa shape index (κ3) is 5.47. The van der Waals surface area contributed by atoms with Gasteiger partial charge in [0.2, 0.25) is 5.95 Å². The van der Waals surface area contributed by atoms with Crippen LogP contribution in [-0.2, 0) is 4.74 Å². The highest BCUT2D eigenvalue weighted by molar-refractivity contribution is 5.40. The van der Waals surface area contributed by atoms with E-state index in [1.807, 2.05) is 19.3 Å². The minimum absolute atomic E-state index is 0.792. The lowest BCUT2D eigenvalue weighted by molar-refractivity contribution is 0.0398. The van der Waals surface area contributed by atoms with E-state index >= 15 is 0 Å². The van der Waals surface area contributed by atoms with E-state index in [9.17, 15) is 0 Å². The predicted molar refractivity (Wildman–Crippen MR) is 86.0 cm³/mol. The molecule has 0 radical (unpaired) electrons. The molecule has 2 heterocycles. The van der Waals surface area contributed by atoms with Gasteiger partial charge in [-0.15, -0.1) is 0 Å². The number of ether oxygens (including phenoxy) is 1. The Bertz CT molecular complexity index is 409. The van der Waals surface area contributed by atoms with Crippen LogP contribution in [0.3, 0.4) is 0 Å². The van der Waals surface area contributed by atoms with Gasteiger partial charge in [0.1, 0.15) is 5.82 Å². The molecule has 0 bridgehead atoms. The third-order valence-corrected chi connectivity index (χ3v) is 3.67. The van der Waals surface area contributed by atoms with E-state index in [0.29, 0.717) is 0 Å². The van der Waals surface area contributed by atoms with Gasteiger partial charge in [-0.05, 0) is 12.5 Å². The van der Waals surface area contributed by atoms with Crippen molar-refractivity contribution < 1.29 is 4.74 Å². The molecule has 0 saturated carbocycles. The zero-order chi connectivity index (χ0) is 14.9. The van der Waals surface area contributed by atoms with Gasteiger partial charge in [0.15, 0.2) is 0 Å². The summed E-state index contributed by atoms with van der Waals surface area (Å²) < 4.78 is 5.35. The molecule has 2 rings (SSSR count). The summed E-state index contributed by atoms with van der Waals surface area (Å²) in [5, 5.41) is 3.38. The third-order valence-electron chi connectivity index (χ3n) is 3.67. The number of aromatic nitrogens is 2. The van der Waals surface area contributed by atoms with Gasteiger partial charge >= 0.3 is 0 Å². The highest BCUT2D eigenvalue weighted by Gasteiger charge is 2.09. The molecule has 0 aliphatic carbocycles. The fourth-order valence-corrected chi connectivity index (χ4v) is 2.29. The van der Waals surface area contributed by atoms with Crippen LogP contribution in [0, 0.1) is 0 Å². The van der Waals surface area contributed by atoms with Crippen LogP contribution in [0.15, 0.2) is 12.3 Å². The summed E-state index contributed by atoms with van der Waals surface area (Å²) in [6, 6.07) is 1.93. The van der Waals surface area contributed by atoms with Gasteiger partial charge in [-0.2, -0.15) is 4.98 Å².